The fraction of sp³-hybridized carbons (Fsp3) is 0.600. The van der Waals surface area contributed by atoms with Crippen molar-refractivity contribution in [2.75, 3.05) is 11.6 Å². The minimum Gasteiger partial charge on any atom is -0.352 e. The highest BCUT2D eigenvalue weighted by molar-refractivity contribution is 7.99. The molecule has 21 heavy (non-hydrogen) atoms. The SMILES string of the molecule is CC(C)[C@@H](C)NC(=O)[C@@H]1CSCN1C(=O)Cc1ccsc1. The second kappa shape index (κ2) is 7.31. The average molecular weight is 326 g/mol. The molecule has 0 saturated carbocycles. The summed E-state index contributed by atoms with van der Waals surface area (Å²) in [5, 5.41) is 6.97. The molecule has 0 spiro atoms. The van der Waals surface area contributed by atoms with Gasteiger partial charge in [0.1, 0.15) is 6.04 Å². The van der Waals surface area contributed by atoms with Gasteiger partial charge in [-0.25, -0.2) is 0 Å². The summed E-state index contributed by atoms with van der Waals surface area (Å²) in [6, 6.07) is 1.75. The van der Waals surface area contributed by atoms with Gasteiger partial charge in [0.2, 0.25) is 11.8 Å². The Morgan fingerprint density at radius 3 is 2.81 bits per heavy atom. The van der Waals surface area contributed by atoms with E-state index in [9.17, 15) is 9.59 Å². The third kappa shape index (κ3) is 4.23. The molecule has 1 aromatic heterocycles. The van der Waals surface area contributed by atoms with Gasteiger partial charge < -0.3 is 10.2 Å². The summed E-state index contributed by atoms with van der Waals surface area (Å²) in [5.41, 5.74) is 1.02. The van der Waals surface area contributed by atoms with Crippen molar-refractivity contribution in [3.63, 3.8) is 0 Å². The molecule has 2 heterocycles. The van der Waals surface area contributed by atoms with Crippen LogP contribution in [-0.4, -0.2) is 40.4 Å². The molecule has 2 rings (SSSR count). The highest BCUT2D eigenvalue weighted by Gasteiger charge is 2.35. The third-order valence-corrected chi connectivity index (χ3v) is 5.55. The van der Waals surface area contributed by atoms with Crippen LogP contribution in [0.15, 0.2) is 16.8 Å². The number of thiophene rings is 1. The number of nitrogens with one attached hydrogen (secondary N) is 1. The van der Waals surface area contributed by atoms with Crippen LogP contribution in [-0.2, 0) is 16.0 Å². The monoisotopic (exact) mass is 326 g/mol. The molecular weight excluding hydrogens is 304 g/mol. The Bertz CT molecular complexity index is 488. The van der Waals surface area contributed by atoms with Gasteiger partial charge in [0, 0.05) is 11.8 Å². The molecule has 1 saturated heterocycles. The van der Waals surface area contributed by atoms with Gasteiger partial charge in [-0.1, -0.05) is 13.8 Å². The first kappa shape index (κ1) is 16.4. The molecule has 0 aromatic carbocycles. The Kier molecular flexibility index (Phi) is 5.70. The molecule has 1 aliphatic rings. The minimum absolute atomic E-state index is 0.0279. The van der Waals surface area contributed by atoms with Crippen LogP contribution in [0, 0.1) is 5.92 Å². The number of carbonyl (C=O) groups is 2. The van der Waals surface area contributed by atoms with E-state index in [0.717, 1.165) is 5.56 Å². The molecule has 2 amide bonds. The van der Waals surface area contributed by atoms with Crippen LogP contribution >= 0.6 is 23.1 Å². The van der Waals surface area contributed by atoms with Gasteiger partial charge in [-0.2, -0.15) is 11.3 Å². The lowest BCUT2D eigenvalue weighted by Crippen LogP contribution is -2.50. The molecular formula is C15H22N2O2S2. The summed E-state index contributed by atoms with van der Waals surface area (Å²) in [5.74, 6) is 1.69. The largest absolute Gasteiger partial charge is 0.352 e. The summed E-state index contributed by atoms with van der Waals surface area (Å²) in [4.78, 5) is 26.5. The maximum Gasteiger partial charge on any atom is 0.243 e. The van der Waals surface area contributed by atoms with Crippen molar-refractivity contribution < 1.29 is 9.59 Å². The van der Waals surface area contributed by atoms with E-state index in [1.54, 1.807) is 28.0 Å². The molecule has 116 valence electrons. The predicted octanol–water partition coefficient (Wildman–Crippen LogP) is 2.35. The van der Waals surface area contributed by atoms with Gasteiger partial charge in [0.25, 0.3) is 0 Å². The van der Waals surface area contributed by atoms with Crippen molar-refractivity contribution in [3.05, 3.63) is 22.4 Å². The number of carbonyl (C=O) groups excluding carboxylic acids is 2. The summed E-state index contributed by atoms with van der Waals surface area (Å²) in [6.07, 6.45) is 0.383. The van der Waals surface area contributed by atoms with Gasteiger partial charge in [0.05, 0.1) is 12.3 Å². The lowest BCUT2D eigenvalue weighted by atomic mass is 10.1. The molecule has 0 aliphatic carbocycles. The van der Waals surface area contributed by atoms with Crippen molar-refractivity contribution in [2.45, 2.75) is 39.3 Å². The fourth-order valence-corrected chi connectivity index (χ4v) is 3.91. The lowest BCUT2D eigenvalue weighted by Gasteiger charge is -2.26. The third-order valence-electron chi connectivity index (χ3n) is 3.81. The Hall–Kier alpha value is -1.01. The van der Waals surface area contributed by atoms with E-state index in [0.29, 0.717) is 24.0 Å². The topological polar surface area (TPSA) is 49.4 Å². The Labute approximate surface area is 134 Å². The van der Waals surface area contributed by atoms with Crippen LogP contribution in [0.5, 0.6) is 0 Å². The van der Waals surface area contributed by atoms with Crippen molar-refractivity contribution >= 4 is 34.9 Å². The molecule has 2 atom stereocenters. The van der Waals surface area contributed by atoms with Gasteiger partial charge in [-0.3, -0.25) is 9.59 Å². The molecule has 0 unspecified atom stereocenters. The zero-order valence-electron chi connectivity index (χ0n) is 12.7. The molecule has 0 bridgehead atoms. The highest BCUT2D eigenvalue weighted by atomic mass is 32.2. The van der Waals surface area contributed by atoms with E-state index in [1.807, 2.05) is 23.8 Å². The smallest absolute Gasteiger partial charge is 0.243 e. The van der Waals surface area contributed by atoms with Gasteiger partial charge in [0.15, 0.2) is 0 Å². The molecule has 1 aromatic rings. The van der Waals surface area contributed by atoms with Crippen LogP contribution in [0.1, 0.15) is 26.3 Å². The summed E-state index contributed by atoms with van der Waals surface area (Å²) >= 11 is 3.23. The maximum atomic E-state index is 12.4. The highest BCUT2D eigenvalue weighted by Crippen LogP contribution is 2.23. The van der Waals surface area contributed by atoms with Crippen molar-refractivity contribution in [1.29, 1.82) is 0 Å². The first-order chi connectivity index (χ1) is 9.99. The number of hydrogen-bond donors (Lipinski definition) is 1. The second-order valence-corrected chi connectivity index (χ2v) is 7.51. The Morgan fingerprint density at radius 1 is 1.43 bits per heavy atom. The molecule has 6 heteroatoms. The zero-order valence-corrected chi connectivity index (χ0v) is 14.3. The van der Waals surface area contributed by atoms with E-state index in [1.165, 1.54) is 0 Å². The second-order valence-electron chi connectivity index (χ2n) is 5.73. The molecule has 1 N–H and O–H groups in total. The maximum absolute atomic E-state index is 12.4. The van der Waals surface area contributed by atoms with Crippen LogP contribution in [0.25, 0.3) is 0 Å². The van der Waals surface area contributed by atoms with Crippen LogP contribution in [0.4, 0.5) is 0 Å². The number of hydrogen-bond acceptors (Lipinski definition) is 4. The van der Waals surface area contributed by atoms with Gasteiger partial charge >= 0.3 is 0 Å². The predicted molar refractivity (Wildman–Crippen MR) is 88.4 cm³/mol. The lowest BCUT2D eigenvalue weighted by molar-refractivity contribution is -0.137. The zero-order chi connectivity index (χ0) is 15.4. The van der Waals surface area contributed by atoms with Gasteiger partial charge in [-0.15, -0.1) is 11.8 Å². The molecule has 0 radical (unpaired) electrons. The molecule has 4 nitrogen and oxygen atoms in total. The van der Waals surface area contributed by atoms with Crippen LogP contribution in [0.3, 0.4) is 0 Å². The van der Waals surface area contributed by atoms with Crippen molar-refractivity contribution in [2.24, 2.45) is 5.92 Å². The Morgan fingerprint density at radius 2 is 2.19 bits per heavy atom. The summed E-state index contributed by atoms with van der Waals surface area (Å²) in [6.45, 7) is 6.16. The summed E-state index contributed by atoms with van der Waals surface area (Å²) in [7, 11) is 0. The number of rotatable bonds is 5. The normalized spacial score (nSPS) is 19.8. The van der Waals surface area contributed by atoms with Crippen LogP contribution in [0.2, 0.25) is 0 Å². The van der Waals surface area contributed by atoms with E-state index >= 15 is 0 Å². The first-order valence-electron chi connectivity index (χ1n) is 7.17. The Balaban J connectivity index is 1.96. The van der Waals surface area contributed by atoms with E-state index in [-0.39, 0.29) is 23.9 Å². The van der Waals surface area contributed by atoms with E-state index in [2.05, 4.69) is 19.2 Å². The first-order valence-corrected chi connectivity index (χ1v) is 9.27. The summed E-state index contributed by atoms with van der Waals surface area (Å²) < 4.78 is 0. The fourth-order valence-electron chi connectivity index (χ4n) is 2.06. The molecule has 1 aliphatic heterocycles. The van der Waals surface area contributed by atoms with Crippen molar-refractivity contribution in [1.82, 2.24) is 10.2 Å². The van der Waals surface area contributed by atoms with E-state index < -0.39 is 0 Å². The van der Waals surface area contributed by atoms with Crippen molar-refractivity contribution in [3.8, 4) is 0 Å². The number of amides is 2. The quantitative estimate of drug-likeness (QED) is 0.903. The number of thioether (sulfide) groups is 1. The standard InChI is InChI=1S/C15H22N2O2S2/c1-10(2)11(3)16-15(19)13-8-21-9-17(13)14(18)6-12-4-5-20-7-12/h4-5,7,10-11,13H,6,8-9H2,1-3H3,(H,16,19)/t11-,13+/m1/s1. The van der Waals surface area contributed by atoms with Gasteiger partial charge in [-0.05, 0) is 35.2 Å². The average Bonchev–Trinajstić information content (AvgIpc) is 3.08. The number of nitrogens with zero attached hydrogens (tertiary/aromatic N) is 1. The molecule has 1 fully saturated rings. The minimum atomic E-state index is -0.331. The van der Waals surface area contributed by atoms with E-state index in [4.69, 9.17) is 0 Å². The van der Waals surface area contributed by atoms with Crippen LogP contribution < -0.4 is 5.32 Å².